The molecule has 14 heavy (non-hydrogen) atoms. The Labute approximate surface area is 81.5 Å². The van der Waals surface area contributed by atoms with Crippen molar-refractivity contribution in [3.8, 4) is 11.3 Å². The molecule has 0 radical (unpaired) electrons. The summed E-state index contributed by atoms with van der Waals surface area (Å²) in [5.41, 5.74) is 2.32. The van der Waals surface area contributed by atoms with E-state index in [9.17, 15) is 4.79 Å². The summed E-state index contributed by atoms with van der Waals surface area (Å²) in [6.45, 7) is 2.01. The van der Waals surface area contributed by atoms with Gasteiger partial charge in [-0.1, -0.05) is 29.8 Å². The molecule has 1 aromatic heterocycles. The first-order chi connectivity index (χ1) is 6.77. The quantitative estimate of drug-likeness (QED) is 0.737. The molecule has 0 amide bonds. The third-order valence-electron chi connectivity index (χ3n) is 2.03. The zero-order valence-electron chi connectivity index (χ0n) is 7.82. The van der Waals surface area contributed by atoms with Gasteiger partial charge < -0.3 is 4.98 Å². The lowest BCUT2D eigenvalue weighted by Crippen LogP contribution is -2.09. The fourth-order valence-electron chi connectivity index (χ4n) is 1.27. The third kappa shape index (κ3) is 1.57. The van der Waals surface area contributed by atoms with Gasteiger partial charge in [-0.25, -0.2) is 4.98 Å². The maximum Gasteiger partial charge on any atom is 0.274 e. The van der Waals surface area contributed by atoms with Gasteiger partial charge in [-0.05, 0) is 6.92 Å². The zero-order valence-corrected chi connectivity index (χ0v) is 7.82. The van der Waals surface area contributed by atoms with Gasteiger partial charge in [0.1, 0.15) is 5.69 Å². The second-order valence-corrected chi connectivity index (χ2v) is 3.13. The Morgan fingerprint density at radius 1 is 1.21 bits per heavy atom. The van der Waals surface area contributed by atoms with Crippen LogP contribution in [0.25, 0.3) is 11.3 Å². The summed E-state index contributed by atoms with van der Waals surface area (Å²) >= 11 is 0. The Morgan fingerprint density at radius 3 is 2.57 bits per heavy atom. The molecule has 0 aliphatic heterocycles. The first-order valence-corrected chi connectivity index (χ1v) is 4.38. The van der Waals surface area contributed by atoms with Gasteiger partial charge in [-0.2, -0.15) is 0 Å². The number of aryl methyl sites for hydroxylation is 1. The van der Waals surface area contributed by atoms with E-state index < -0.39 is 0 Å². The van der Waals surface area contributed by atoms with Gasteiger partial charge in [0.25, 0.3) is 5.56 Å². The smallest absolute Gasteiger partial charge is 0.274 e. The van der Waals surface area contributed by atoms with Crippen LogP contribution in [-0.4, -0.2) is 9.97 Å². The highest BCUT2D eigenvalue weighted by atomic mass is 16.1. The van der Waals surface area contributed by atoms with E-state index in [1.807, 2.05) is 31.2 Å². The molecule has 0 fully saturated rings. The van der Waals surface area contributed by atoms with Gasteiger partial charge >= 0.3 is 0 Å². The predicted molar refractivity (Wildman–Crippen MR) is 55.0 cm³/mol. The highest BCUT2D eigenvalue weighted by Crippen LogP contribution is 2.12. The number of nitrogens with one attached hydrogen (secondary N) is 1. The van der Waals surface area contributed by atoms with Crippen molar-refractivity contribution in [3.63, 3.8) is 0 Å². The van der Waals surface area contributed by atoms with E-state index >= 15 is 0 Å². The molecule has 1 aromatic carbocycles. The number of hydrogen-bond donors (Lipinski definition) is 1. The lowest BCUT2D eigenvalue weighted by atomic mass is 10.1. The molecule has 0 saturated heterocycles. The van der Waals surface area contributed by atoms with E-state index in [1.54, 1.807) is 6.20 Å². The van der Waals surface area contributed by atoms with Gasteiger partial charge in [0, 0.05) is 18.0 Å². The molecular weight excluding hydrogens is 176 g/mol. The fourth-order valence-corrected chi connectivity index (χ4v) is 1.27. The number of nitrogens with zero attached hydrogens (tertiary/aromatic N) is 1. The van der Waals surface area contributed by atoms with E-state index in [0.717, 1.165) is 5.56 Å². The van der Waals surface area contributed by atoms with Crippen molar-refractivity contribution in [1.29, 1.82) is 0 Å². The van der Waals surface area contributed by atoms with Crippen LogP contribution < -0.4 is 5.56 Å². The third-order valence-corrected chi connectivity index (χ3v) is 2.03. The lowest BCUT2D eigenvalue weighted by Gasteiger charge is -1.98. The summed E-state index contributed by atoms with van der Waals surface area (Å²) in [6, 6.07) is 7.72. The number of benzene rings is 1. The number of hydrogen-bond acceptors (Lipinski definition) is 2. The number of aromatic nitrogens is 2. The lowest BCUT2D eigenvalue weighted by molar-refractivity contribution is 1.14. The number of H-pyrrole nitrogens is 1. The molecule has 0 atom stereocenters. The first kappa shape index (κ1) is 8.69. The largest absolute Gasteiger partial charge is 0.326 e. The van der Waals surface area contributed by atoms with Gasteiger partial charge in [0.15, 0.2) is 0 Å². The van der Waals surface area contributed by atoms with Crippen LogP contribution in [0.3, 0.4) is 0 Å². The van der Waals surface area contributed by atoms with Crippen molar-refractivity contribution in [2.24, 2.45) is 0 Å². The molecule has 0 spiro atoms. The van der Waals surface area contributed by atoms with Gasteiger partial charge in [0.2, 0.25) is 0 Å². The van der Waals surface area contributed by atoms with Crippen molar-refractivity contribution in [3.05, 3.63) is 52.6 Å². The highest BCUT2D eigenvalue weighted by Gasteiger charge is 2.02. The van der Waals surface area contributed by atoms with E-state index in [0.29, 0.717) is 5.69 Å². The first-order valence-electron chi connectivity index (χ1n) is 4.38. The normalized spacial score (nSPS) is 10.1. The van der Waals surface area contributed by atoms with Crippen LogP contribution in [-0.2, 0) is 0 Å². The van der Waals surface area contributed by atoms with E-state index in [-0.39, 0.29) is 5.56 Å². The van der Waals surface area contributed by atoms with Gasteiger partial charge in [-0.15, -0.1) is 0 Å². The molecule has 3 heteroatoms. The number of aromatic amines is 1. The minimum atomic E-state index is -0.156. The molecule has 0 aliphatic carbocycles. The molecule has 2 rings (SSSR count). The molecule has 1 heterocycles. The molecular formula is C11H10N2O. The van der Waals surface area contributed by atoms with Crippen LogP contribution in [0.2, 0.25) is 0 Å². The molecule has 3 nitrogen and oxygen atoms in total. The summed E-state index contributed by atoms with van der Waals surface area (Å²) in [6.07, 6.45) is 3.11. The Morgan fingerprint density at radius 2 is 1.93 bits per heavy atom. The van der Waals surface area contributed by atoms with Crippen LogP contribution in [0.15, 0.2) is 41.5 Å². The Kier molecular flexibility index (Phi) is 2.14. The molecule has 0 aliphatic rings. The summed E-state index contributed by atoms with van der Waals surface area (Å²) in [5, 5.41) is 0. The maximum absolute atomic E-state index is 11.4. The Bertz CT molecular complexity index is 485. The molecule has 70 valence electrons. The summed E-state index contributed by atoms with van der Waals surface area (Å²) < 4.78 is 0. The summed E-state index contributed by atoms with van der Waals surface area (Å²) in [7, 11) is 0. The van der Waals surface area contributed by atoms with Crippen LogP contribution >= 0.6 is 0 Å². The second-order valence-electron chi connectivity index (χ2n) is 3.13. The van der Waals surface area contributed by atoms with Crippen LogP contribution in [0.4, 0.5) is 0 Å². The van der Waals surface area contributed by atoms with Crippen LogP contribution in [0.1, 0.15) is 5.56 Å². The fraction of sp³-hybridized carbons (Fsp3) is 0.0909. The van der Waals surface area contributed by atoms with Gasteiger partial charge in [-0.3, -0.25) is 4.79 Å². The average molecular weight is 186 g/mol. The summed E-state index contributed by atoms with van der Waals surface area (Å²) in [5.74, 6) is 0. The monoisotopic (exact) mass is 186 g/mol. The standard InChI is InChI=1S/C11H10N2O/c1-8-2-4-9(5-3-8)10-11(14)13-7-6-12-10/h2-7H,1H3,(H,13,14). The molecule has 0 bridgehead atoms. The topological polar surface area (TPSA) is 45.8 Å². The van der Waals surface area contributed by atoms with E-state index in [4.69, 9.17) is 0 Å². The average Bonchev–Trinajstić information content (AvgIpc) is 2.20. The second kappa shape index (κ2) is 3.46. The van der Waals surface area contributed by atoms with Crippen LogP contribution in [0.5, 0.6) is 0 Å². The van der Waals surface area contributed by atoms with E-state index in [2.05, 4.69) is 9.97 Å². The molecule has 2 aromatic rings. The van der Waals surface area contributed by atoms with Crippen molar-refractivity contribution >= 4 is 0 Å². The predicted octanol–water partition coefficient (Wildman–Crippen LogP) is 1.75. The Balaban J connectivity index is 2.56. The molecule has 1 N–H and O–H groups in total. The SMILES string of the molecule is Cc1ccc(-c2ncc[nH]c2=O)cc1. The minimum absolute atomic E-state index is 0.156. The number of rotatable bonds is 1. The molecule has 0 unspecified atom stereocenters. The Hall–Kier alpha value is -1.90. The van der Waals surface area contributed by atoms with Crippen molar-refractivity contribution < 1.29 is 0 Å². The van der Waals surface area contributed by atoms with E-state index in [1.165, 1.54) is 11.8 Å². The van der Waals surface area contributed by atoms with Crippen molar-refractivity contribution in [2.75, 3.05) is 0 Å². The van der Waals surface area contributed by atoms with Crippen LogP contribution in [0, 0.1) is 6.92 Å². The zero-order chi connectivity index (χ0) is 9.97. The minimum Gasteiger partial charge on any atom is -0.326 e. The highest BCUT2D eigenvalue weighted by molar-refractivity contribution is 5.57. The van der Waals surface area contributed by atoms with Crippen molar-refractivity contribution in [1.82, 2.24) is 9.97 Å². The van der Waals surface area contributed by atoms with Crippen molar-refractivity contribution in [2.45, 2.75) is 6.92 Å². The summed E-state index contributed by atoms with van der Waals surface area (Å²) in [4.78, 5) is 18.0. The molecule has 0 saturated carbocycles. The van der Waals surface area contributed by atoms with Gasteiger partial charge in [0.05, 0.1) is 0 Å². The maximum atomic E-state index is 11.4.